The monoisotopic (exact) mass is 318 g/mol. The third kappa shape index (κ3) is 2.25. The summed E-state index contributed by atoms with van der Waals surface area (Å²) in [6.07, 6.45) is 0.390. The number of cyclic esters (lactones) is 1. The third-order valence-electron chi connectivity index (χ3n) is 2.39. The average Bonchev–Trinajstić information content (AvgIpc) is 2.58. The summed E-state index contributed by atoms with van der Waals surface area (Å²) < 4.78 is 10.5. The summed E-state index contributed by atoms with van der Waals surface area (Å²) in [7, 11) is 1.63. The molecule has 1 aliphatic rings. The van der Waals surface area contributed by atoms with E-state index in [4.69, 9.17) is 9.47 Å². The van der Waals surface area contributed by atoms with E-state index in [1.807, 2.05) is 24.3 Å². The molecule has 0 N–H and O–H groups in total. The number of alkyl halides is 1. The van der Waals surface area contributed by atoms with Crippen LogP contribution >= 0.6 is 22.6 Å². The van der Waals surface area contributed by atoms with Gasteiger partial charge in [0.25, 0.3) is 0 Å². The van der Waals surface area contributed by atoms with Crippen LogP contribution in [0.5, 0.6) is 5.75 Å². The van der Waals surface area contributed by atoms with Crippen LogP contribution in [0.15, 0.2) is 24.3 Å². The van der Waals surface area contributed by atoms with Crippen molar-refractivity contribution in [1.29, 1.82) is 0 Å². The molecule has 0 spiro atoms. The fraction of sp³-hybridized carbons (Fsp3) is 0.364. The number of hydrogen-bond donors (Lipinski definition) is 0. The van der Waals surface area contributed by atoms with Crippen LogP contribution in [-0.2, 0) is 9.53 Å². The second kappa shape index (κ2) is 4.38. The molecule has 0 amide bonds. The fourth-order valence-corrected chi connectivity index (χ4v) is 2.52. The zero-order valence-electron chi connectivity index (χ0n) is 8.27. The van der Waals surface area contributed by atoms with Gasteiger partial charge in [-0.2, -0.15) is 0 Å². The van der Waals surface area contributed by atoms with E-state index in [0.717, 1.165) is 11.3 Å². The van der Waals surface area contributed by atoms with Crippen LogP contribution in [0.25, 0.3) is 0 Å². The summed E-state index contributed by atoms with van der Waals surface area (Å²) >= 11 is 2.25. The number of methoxy groups -OCH3 is 1. The predicted octanol–water partition coefficient (Wildman–Crippen LogP) is 2.49. The lowest BCUT2D eigenvalue weighted by Gasteiger charge is -2.13. The molecule has 0 radical (unpaired) electrons. The third-order valence-corrected chi connectivity index (χ3v) is 3.49. The maximum absolute atomic E-state index is 11.1. The van der Waals surface area contributed by atoms with E-state index in [1.54, 1.807) is 7.11 Å². The first-order valence-corrected chi connectivity index (χ1v) is 5.93. The molecule has 1 aromatic carbocycles. The van der Waals surface area contributed by atoms with Crippen molar-refractivity contribution >= 4 is 28.6 Å². The van der Waals surface area contributed by atoms with E-state index in [2.05, 4.69) is 22.6 Å². The van der Waals surface area contributed by atoms with Gasteiger partial charge in [0.1, 0.15) is 11.9 Å². The minimum atomic E-state index is -0.116. The number of ether oxygens (including phenoxy) is 2. The van der Waals surface area contributed by atoms with Gasteiger partial charge in [0.05, 0.1) is 17.5 Å². The molecule has 1 aromatic rings. The first-order chi connectivity index (χ1) is 7.20. The number of esters is 1. The molecule has 0 aromatic heterocycles. The molecule has 0 aliphatic carbocycles. The lowest BCUT2D eigenvalue weighted by atomic mass is 10.1. The maximum atomic E-state index is 11.1. The smallest absolute Gasteiger partial charge is 0.307 e. The maximum Gasteiger partial charge on any atom is 0.307 e. The molecule has 2 atom stereocenters. The normalized spacial score (nSPS) is 25.1. The number of benzene rings is 1. The van der Waals surface area contributed by atoms with E-state index < -0.39 is 0 Å². The van der Waals surface area contributed by atoms with Gasteiger partial charge in [-0.15, -0.1) is 0 Å². The van der Waals surface area contributed by atoms with Gasteiger partial charge in [-0.1, -0.05) is 34.7 Å². The highest BCUT2D eigenvalue weighted by atomic mass is 127. The van der Waals surface area contributed by atoms with Crippen molar-refractivity contribution in [2.75, 3.05) is 7.11 Å². The van der Waals surface area contributed by atoms with Gasteiger partial charge in [-0.05, 0) is 17.7 Å². The number of carbonyl (C=O) groups is 1. The van der Waals surface area contributed by atoms with Crippen molar-refractivity contribution in [3.63, 3.8) is 0 Å². The van der Waals surface area contributed by atoms with Crippen molar-refractivity contribution in [2.45, 2.75) is 16.4 Å². The fourth-order valence-electron chi connectivity index (χ4n) is 1.60. The zero-order valence-corrected chi connectivity index (χ0v) is 10.4. The highest BCUT2D eigenvalue weighted by molar-refractivity contribution is 14.1. The van der Waals surface area contributed by atoms with Gasteiger partial charge >= 0.3 is 5.97 Å². The molecule has 2 rings (SSSR count). The first kappa shape index (κ1) is 10.7. The van der Waals surface area contributed by atoms with Crippen LogP contribution in [0.3, 0.4) is 0 Å². The van der Waals surface area contributed by atoms with E-state index in [0.29, 0.717) is 6.42 Å². The van der Waals surface area contributed by atoms with Gasteiger partial charge in [-0.3, -0.25) is 4.79 Å². The second-order valence-electron chi connectivity index (χ2n) is 3.40. The van der Waals surface area contributed by atoms with Gasteiger partial charge < -0.3 is 9.47 Å². The van der Waals surface area contributed by atoms with Crippen LogP contribution in [0, 0.1) is 0 Å². The summed E-state index contributed by atoms with van der Waals surface area (Å²) in [5.41, 5.74) is 1.03. The van der Waals surface area contributed by atoms with Crippen molar-refractivity contribution in [2.24, 2.45) is 0 Å². The summed E-state index contributed by atoms with van der Waals surface area (Å²) in [6, 6.07) is 7.64. The lowest BCUT2D eigenvalue weighted by molar-refractivity contribution is -0.141. The lowest BCUT2D eigenvalue weighted by Crippen LogP contribution is -2.05. The molecule has 0 saturated carbocycles. The van der Waals surface area contributed by atoms with Crippen molar-refractivity contribution in [1.82, 2.24) is 0 Å². The largest absolute Gasteiger partial charge is 0.497 e. The van der Waals surface area contributed by atoms with Crippen LogP contribution in [0.4, 0.5) is 0 Å². The van der Waals surface area contributed by atoms with Gasteiger partial charge in [-0.25, -0.2) is 0 Å². The molecule has 1 aliphatic heterocycles. The Labute approximate surface area is 102 Å². The SMILES string of the molecule is COc1ccc([C@@H]2OC(=O)C[C@H]2I)cc1. The van der Waals surface area contributed by atoms with Crippen LogP contribution in [0.2, 0.25) is 0 Å². The van der Waals surface area contributed by atoms with Crippen LogP contribution in [0.1, 0.15) is 18.1 Å². The van der Waals surface area contributed by atoms with Crippen molar-refractivity contribution in [3.05, 3.63) is 29.8 Å². The molecule has 15 heavy (non-hydrogen) atoms. The highest BCUT2D eigenvalue weighted by Crippen LogP contribution is 2.35. The Bertz CT molecular complexity index is 361. The molecule has 1 saturated heterocycles. The Morgan fingerprint density at radius 2 is 2.07 bits per heavy atom. The van der Waals surface area contributed by atoms with Crippen molar-refractivity contribution in [3.8, 4) is 5.75 Å². The summed E-state index contributed by atoms with van der Waals surface area (Å²) in [4.78, 5) is 11.1. The molecule has 1 heterocycles. The average molecular weight is 318 g/mol. The zero-order chi connectivity index (χ0) is 10.8. The molecular formula is C11H11IO3. The summed E-state index contributed by atoms with van der Waals surface area (Å²) in [6.45, 7) is 0. The number of halogens is 1. The topological polar surface area (TPSA) is 35.5 Å². The summed E-state index contributed by atoms with van der Waals surface area (Å²) in [5.74, 6) is 0.697. The van der Waals surface area contributed by atoms with E-state index >= 15 is 0 Å². The second-order valence-corrected chi connectivity index (χ2v) is 5.00. The Morgan fingerprint density at radius 3 is 2.53 bits per heavy atom. The molecule has 4 heteroatoms. The molecule has 3 nitrogen and oxygen atoms in total. The van der Waals surface area contributed by atoms with Gasteiger partial charge in [0, 0.05) is 0 Å². The minimum absolute atomic E-state index is 0.107. The van der Waals surface area contributed by atoms with Crippen molar-refractivity contribution < 1.29 is 14.3 Å². The number of carbonyl (C=O) groups excluding carboxylic acids is 1. The molecule has 0 bridgehead atoms. The molecule has 80 valence electrons. The van der Waals surface area contributed by atoms with E-state index in [-0.39, 0.29) is 16.0 Å². The van der Waals surface area contributed by atoms with Crippen LogP contribution < -0.4 is 4.74 Å². The van der Waals surface area contributed by atoms with Gasteiger partial charge in [0.15, 0.2) is 0 Å². The quantitative estimate of drug-likeness (QED) is 0.477. The van der Waals surface area contributed by atoms with Crippen LogP contribution in [-0.4, -0.2) is 17.0 Å². The Kier molecular flexibility index (Phi) is 3.14. The summed E-state index contributed by atoms with van der Waals surface area (Å²) in [5, 5.41) is 0. The van der Waals surface area contributed by atoms with E-state index in [1.165, 1.54) is 0 Å². The standard InChI is InChI=1S/C11H11IO3/c1-14-8-4-2-7(3-5-8)11-9(12)6-10(13)15-11/h2-5,9,11H,6H2,1H3/t9-,11+/m1/s1. The predicted molar refractivity (Wildman–Crippen MR) is 64.3 cm³/mol. The van der Waals surface area contributed by atoms with E-state index in [9.17, 15) is 4.79 Å². The molecule has 1 fully saturated rings. The number of rotatable bonds is 2. The molecule has 0 unspecified atom stereocenters. The Balaban J connectivity index is 2.19. The first-order valence-electron chi connectivity index (χ1n) is 4.68. The van der Waals surface area contributed by atoms with Gasteiger partial charge in [0.2, 0.25) is 0 Å². The Morgan fingerprint density at radius 1 is 1.40 bits per heavy atom. The number of hydrogen-bond acceptors (Lipinski definition) is 3. The Hall–Kier alpha value is -0.780. The minimum Gasteiger partial charge on any atom is -0.497 e. The molecular weight excluding hydrogens is 307 g/mol. The highest BCUT2D eigenvalue weighted by Gasteiger charge is 2.33.